The van der Waals surface area contributed by atoms with Crippen LogP contribution in [-0.4, -0.2) is 31.0 Å². The topological polar surface area (TPSA) is 102 Å². The van der Waals surface area contributed by atoms with Crippen LogP contribution >= 0.6 is 0 Å². The van der Waals surface area contributed by atoms with Crippen molar-refractivity contribution in [1.82, 2.24) is 0 Å². The van der Waals surface area contributed by atoms with Gasteiger partial charge >= 0.3 is 11.9 Å². The van der Waals surface area contributed by atoms with Crippen LogP contribution in [0.4, 0.5) is 0 Å². The quantitative estimate of drug-likeness (QED) is 0.326. The van der Waals surface area contributed by atoms with E-state index in [9.17, 15) is 9.59 Å². The monoisotopic (exact) mass is 346 g/mol. The summed E-state index contributed by atoms with van der Waals surface area (Å²) >= 11 is 0. The molecule has 0 amide bonds. The van der Waals surface area contributed by atoms with Crippen LogP contribution in [-0.2, 0) is 25.5 Å². The van der Waals surface area contributed by atoms with Crippen molar-refractivity contribution in [3.8, 4) is 0 Å². The lowest BCUT2D eigenvalue weighted by Gasteiger charge is -2.28. The summed E-state index contributed by atoms with van der Waals surface area (Å²) in [5, 5.41) is 7.38. The van der Waals surface area contributed by atoms with Crippen LogP contribution in [0.15, 0.2) is 24.3 Å². The molecule has 1 heterocycles. The van der Waals surface area contributed by atoms with Gasteiger partial charge in [0.15, 0.2) is 0 Å². The van der Waals surface area contributed by atoms with Crippen LogP contribution in [0, 0.1) is 11.3 Å². The number of esters is 2. The zero-order chi connectivity index (χ0) is 18.2. The van der Waals surface area contributed by atoms with E-state index in [1.165, 1.54) is 12.7 Å². The predicted molar refractivity (Wildman–Crippen MR) is 94.3 cm³/mol. The third-order valence-electron chi connectivity index (χ3n) is 4.54. The van der Waals surface area contributed by atoms with Gasteiger partial charge in [-0.05, 0) is 43.6 Å². The number of carbonyl (C=O) groups is 2. The van der Waals surface area contributed by atoms with Crippen LogP contribution in [0.3, 0.4) is 0 Å². The summed E-state index contributed by atoms with van der Waals surface area (Å²) in [7, 11) is 1.36. The first-order valence-corrected chi connectivity index (χ1v) is 8.67. The maximum Gasteiger partial charge on any atom is 0.306 e. The van der Waals surface area contributed by atoms with Crippen LogP contribution in [0.1, 0.15) is 49.7 Å². The number of ether oxygens (including phenoxy) is 2. The summed E-state index contributed by atoms with van der Waals surface area (Å²) in [5.74, 6) is -0.387. The molecule has 6 heteroatoms. The van der Waals surface area contributed by atoms with Gasteiger partial charge in [-0.15, -0.1) is 0 Å². The summed E-state index contributed by atoms with van der Waals surface area (Å²) in [5.41, 5.74) is 7.38. The Morgan fingerprint density at radius 3 is 2.68 bits per heavy atom. The molecule has 0 aromatic heterocycles. The Labute approximate surface area is 148 Å². The molecular formula is C19H26N2O4. The Balaban J connectivity index is 1.72. The molecule has 136 valence electrons. The number of nitrogens with one attached hydrogen (secondary N) is 1. The van der Waals surface area contributed by atoms with Crippen LogP contribution in [0.5, 0.6) is 0 Å². The van der Waals surface area contributed by atoms with Crippen molar-refractivity contribution in [2.75, 3.05) is 7.11 Å². The molecule has 1 saturated heterocycles. The van der Waals surface area contributed by atoms with Gasteiger partial charge in [-0.2, -0.15) is 0 Å². The first-order chi connectivity index (χ1) is 12.0. The van der Waals surface area contributed by atoms with Crippen molar-refractivity contribution in [2.45, 2.75) is 51.0 Å². The number of nitrogens with two attached hydrogens (primary N) is 1. The van der Waals surface area contributed by atoms with Gasteiger partial charge in [0.25, 0.3) is 0 Å². The molecule has 0 radical (unpaired) electrons. The summed E-state index contributed by atoms with van der Waals surface area (Å²) in [6.45, 7) is 0. The van der Waals surface area contributed by atoms with Gasteiger partial charge in [0.05, 0.1) is 7.11 Å². The van der Waals surface area contributed by atoms with Gasteiger partial charge < -0.3 is 15.2 Å². The normalized spacial score (nSPS) is 20.0. The maximum atomic E-state index is 11.7. The predicted octanol–water partition coefficient (Wildman–Crippen LogP) is 2.57. The second-order valence-corrected chi connectivity index (χ2v) is 6.55. The molecule has 0 unspecified atom stereocenters. The van der Waals surface area contributed by atoms with Gasteiger partial charge in [0, 0.05) is 18.4 Å². The fraction of sp³-hybridized carbons (Fsp3) is 0.526. The van der Waals surface area contributed by atoms with E-state index in [1.807, 2.05) is 24.3 Å². The molecule has 3 N–H and O–H groups in total. The molecule has 25 heavy (non-hydrogen) atoms. The SMILES string of the molecule is COC(=O)C[C@H]1CC(=O)O[C@@H](CCCCc2ccc(C(=N)N)cc2)C1. The lowest BCUT2D eigenvalue weighted by molar-refractivity contribution is -0.158. The number of nitrogen functional groups attached to an aromatic ring is 1. The first kappa shape index (κ1) is 19.0. The fourth-order valence-corrected chi connectivity index (χ4v) is 3.18. The van der Waals surface area contributed by atoms with E-state index in [2.05, 4.69) is 4.74 Å². The second-order valence-electron chi connectivity index (χ2n) is 6.55. The zero-order valence-electron chi connectivity index (χ0n) is 14.6. The number of amidine groups is 1. The highest BCUT2D eigenvalue weighted by atomic mass is 16.5. The van der Waals surface area contributed by atoms with Crippen LogP contribution in [0.25, 0.3) is 0 Å². The lowest BCUT2D eigenvalue weighted by atomic mass is 9.90. The van der Waals surface area contributed by atoms with Gasteiger partial charge in [0.2, 0.25) is 0 Å². The molecule has 1 aromatic carbocycles. The number of hydrogen-bond donors (Lipinski definition) is 2. The number of benzene rings is 1. The highest BCUT2D eigenvalue weighted by Gasteiger charge is 2.29. The van der Waals surface area contributed by atoms with Gasteiger partial charge in [-0.3, -0.25) is 15.0 Å². The Morgan fingerprint density at radius 1 is 1.32 bits per heavy atom. The van der Waals surface area contributed by atoms with Crippen molar-refractivity contribution >= 4 is 17.8 Å². The summed E-state index contributed by atoms with van der Waals surface area (Å²) < 4.78 is 10.1. The van der Waals surface area contributed by atoms with E-state index in [-0.39, 0.29) is 36.2 Å². The number of aryl methyl sites for hydroxylation is 1. The third-order valence-corrected chi connectivity index (χ3v) is 4.54. The molecule has 1 fully saturated rings. The second kappa shape index (κ2) is 9.20. The van der Waals surface area contributed by atoms with Crippen LogP contribution < -0.4 is 5.73 Å². The first-order valence-electron chi connectivity index (χ1n) is 8.67. The number of methoxy groups -OCH3 is 1. The largest absolute Gasteiger partial charge is 0.469 e. The highest BCUT2D eigenvalue weighted by Crippen LogP contribution is 2.27. The number of unbranched alkanes of at least 4 members (excludes halogenated alkanes) is 1. The van der Waals surface area contributed by atoms with Gasteiger partial charge in [0.1, 0.15) is 11.9 Å². The van der Waals surface area contributed by atoms with E-state index in [1.54, 1.807) is 0 Å². The fourth-order valence-electron chi connectivity index (χ4n) is 3.18. The third kappa shape index (κ3) is 6.21. The Hall–Kier alpha value is -2.37. The van der Waals surface area contributed by atoms with Crippen molar-refractivity contribution in [3.05, 3.63) is 35.4 Å². The minimum Gasteiger partial charge on any atom is -0.469 e. The van der Waals surface area contributed by atoms with E-state index in [0.29, 0.717) is 6.42 Å². The number of carbonyl (C=O) groups excluding carboxylic acids is 2. The number of cyclic esters (lactones) is 1. The molecule has 1 aliphatic rings. The van der Waals surface area contributed by atoms with E-state index >= 15 is 0 Å². The zero-order valence-corrected chi connectivity index (χ0v) is 14.6. The van der Waals surface area contributed by atoms with Gasteiger partial charge in [-0.1, -0.05) is 24.3 Å². The smallest absolute Gasteiger partial charge is 0.306 e. The van der Waals surface area contributed by atoms with Crippen LogP contribution in [0.2, 0.25) is 0 Å². The number of hydrogen-bond acceptors (Lipinski definition) is 5. The van der Waals surface area contributed by atoms with Crippen molar-refractivity contribution in [2.24, 2.45) is 11.7 Å². The van der Waals surface area contributed by atoms with Crippen molar-refractivity contribution in [1.29, 1.82) is 5.41 Å². The minimum absolute atomic E-state index is 0.0258. The lowest BCUT2D eigenvalue weighted by Crippen LogP contribution is -2.31. The van der Waals surface area contributed by atoms with E-state index < -0.39 is 0 Å². The highest BCUT2D eigenvalue weighted by molar-refractivity contribution is 5.94. The standard InChI is InChI=1S/C19H26N2O4/c1-24-17(22)11-14-10-16(25-18(23)12-14)5-3-2-4-13-6-8-15(9-7-13)19(20)21/h6-9,14,16H,2-5,10-12H2,1H3,(H3,20,21)/t14-,16-/m0/s1. The average Bonchev–Trinajstić information content (AvgIpc) is 2.58. The summed E-state index contributed by atoms with van der Waals surface area (Å²) in [4.78, 5) is 23.1. The summed E-state index contributed by atoms with van der Waals surface area (Å²) in [6, 6.07) is 7.70. The molecule has 0 spiro atoms. The van der Waals surface area contributed by atoms with E-state index in [4.69, 9.17) is 15.9 Å². The average molecular weight is 346 g/mol. The minimum atomic E-state index is -0.271. The Morgan fingerprint density at radius 2 is 2.04 bits per heavy atom. The molecule has 1 aromatic rings. The Kier molecular flexibility index (Phi) is 6.98. The number of rotatable bonds is 8. The van der Waals surface area contributed by atoms with E-state index in [0.717, 1.165) is 37.7 Å². The molecule has 6 nitrogen and oxygen atoms in total. The van der Waals surface area contributed by atoms with Gasteiger partial charge in [-0.25, -0.2) is 0 Å². The Bertz CT molecular complexity index is 612. The van der Waals surface area contributed by atoms with Crippen molar-refractivity contribution < 1.29 is 19.1 Å². The molecule has 0 bridgehead atoms. The maximum absolute atomic E-state index is 11.7. The molecule has 1 aliphatic heterocycles. The molecule has 2 atom stereocenters. The molecule has 2 rings (SSSR count). The summed E-state index contributed by atoms with van der Waals surface area (Å²) in [6.07, 6.45) is 4.91. The van der Waals surface area contributed by atoms with Crippen molar-refractivity contribution in [3.63, 3.8) is 0 Å². The molecule has 0 aliphatic carbocycles. The molecule has 0 saturated carbocycles. The molecular weight excluding hydrogens is 320 g/mol.